The molecular formula is C23H29BF2N2. The molecule has 2 heterocycles. The molecule has 0 fully saturated rings. The van der Waals surface area contributed by atoms with Crippen molar-refractivity contribution < 1.29 is 8.63 Å². The number of halogens is 2. The molecule has 1 aromatic rings. The van der Waals surface area contributed by atoms with Gasteiger partial charge in [0.15, 0.2) is 0 Å². The lowest BCUT2D eigenvalue weighted by Crippen LogP contribution is -2.23. The number of aliphatic imine (C=N–C) groups is 1. The molecule has 2 atom stereocenters. The lowest BCUT2D eigenvalue weighted by atomic mass is 9.70. The number of aromatic nitrogens is 1. The zero-order valence-electron chi connectivity index (χ0n) is 17.6. The van der Waals surface area contributed by atoms with Crippen LogP contribution >= 0.6 is 0 Å². The summed E-state index contributed by atoms with van der Waals surface area (Å²) in [7, 11) is -2.54. The molecule has 0 saturated carbocycles. The van der Waals surface area contributed by atoms with Crippen LogP contribution < -0.4 is 0 Å². The first-order valence-electron chi connectivity index (χ1n) is 10.6. The second kappa shape index (κ2) is 7.16. The fraction of sp³-hybridized carbons (Fsp3) is 0.522. The molecule has 2 nitrogen and oxygen atoms in total. The zero-order chi connectivity index (χ0) is 20.2. The van der Waals surface area contributed by atoms with Gasteiger partial charge in [0.05, 0.1) is 5.70 Å². The molecule has 0 aromatic carbocycles. The highest BCUT2D eigenvalue weighted by Gasteiger charge is 2.39. The van der Waals surface area contributed by atoms with Crippen molar-refractivity contribution in [1.82, 2.24) is 4.48 Å². The molecule has 148 valence electrons. The second-order valence-electron chi connectivity index (χ2n) is 8.32. The molecule has 1 aliphatic heterocycles. The summed E-state index contributed by atoms with van der Waals surface area (Å²) >= 11 is 0. The minimum absolute atomic E-state index is 0.380. The Morgan fingerprint density at radius 3 is 2.29 bits per heavy atom. The van der Waals surface area contributed by atoms with Crippen molar-refractivity contribution in [2.45, 2.75) is 66.7 Å². The third-order valence-electron chi connectivity index (χ3n) is 6.79. The van der Waals surface area contributed by atoms with Gasteiger partial charge in [-0.05, 0) is 68.7 Å². The van der Waals surface area contributed by atoms with Gasteiger partial charge >= 0.3 is 7.40 Å². The summed E-state index contributed by atoms with van der Waals surface area (Å²) < 4.78 is 29.5. The molecule has 1 aromatic heterocycles. The van der Waals surface area contributed by atoms with Gasteiger partial charge in [-0.15, -0.1) is 0 Å². The molecule has 5 rings (SSSR count). The molecule has 0 spiro atoms. The Bertz CT molecular complexity index is 946. The smallest absolute Gasteiger partial charge is 0.329 e. The van der Waals surface area contributed by atoms with E-state index in [1.165, 1.54) is 22.0 Å². The maximum absolute atomic E-state index is 14.1. The van der Waals surface area contributed by atoms with E-state index in [9.17, 15) is 8.63 Å². The largest absolute Gasteiger partial charge is 0.677 e. The third kappa shape index (κ3) is 2.69. The van der Waals surface area contributed by atoms with Crippen LogP contribution in [-0.2, 0) is 6.42 Å². The Hall–Kier alpha value is -1.91. The topological polar surface area (TPSA) is 17.3 Å². The van der Waals surface area contributed by atoms with E-state index in [-0.39, 0.29) is 0 Å². The predicted octanol–water partition coefficient (Wildman–Crippen LogP) is 6.32. The van der Waals surface area contributed by atoms with E-state index in [4.69, 9.17) is 4.99 Å². The monoisotopic (exact) mass is 382 g/mol. The summed E-state index contributed by atoms with van der Waals surface area (Å²) in [6, 6.07) is 0. The van der Waals surface area contributed by atoms with Gasteiger partial charge in [0.1, 0.15) is 0 Å². The zero-order valence-corrected chi connectivity index (χ0v) is 17.6. The molecule has 2 bridgehead atoms. The minimum Gasteiger partial charge on any atom is -0.329 e. The highest BCUT2D eigenvalue weighted by Crippen LogP contribution is 2.50. The summed E-state index contributed by atoms with van der Waals surface area (Å²) in [6.45, 7) is 10.1. The SMILES string of the molecule is CCC/C(=C1/N=C(C)C2=C1[C@H]1C=C[C@@H]2CC1)c1c(C)c(CC)c(C)n1B(F)F. The standard InChI is InChI=1S/C23H29BF2N2/c1-6-8-19(23-13(3)18(7-2)15(5)28(23)24(25)26)22-21-17-11-9-16(10-12-17)20(21)14(4)27-22/h9,11,16-17H,6-8,10,12H2,1-5H3/b22-19-/t16-,17+/m1/s1. The molecule has 0 unspecified atom stereocenters. The Morgan fingerprint density at radius 2 is 1.75 bits per heavy atom. The first-order valence-corrected chi connectivity index (χ1v) is 10.6. The van der Waals surface area contributed by atoms with Gasteiger partial charge in [-0.1, -0.05) is 32.4 Å². The van der Waals surface area contributed by atoms with Crippen molar-refractivity contribution in [3.63, 3.8) is 0 Å². The van der Waals surface area contributed by atoms with Gasteiger partial charge in [-0.3, -0.25) is 13.6 Å². The Balaban J connectivity index is 2.00. The first-order chi connectivity index (χ1) is 13.4. The predicted molar refractivity (Wildman–Crippen MR) is 114 cm³/mol. The molecule has 4 aliphatic rings. The quantitative estimate of drug-likeness (QED) is 0.419. The lowest BCUT2D eigenvalue weighted by molar-refractivity contribution is 0.501. The molecule has 0 amide bonds. The average Bonchev–Trinajstić information content (AvgIpc) is 3.16. The molecule has 3 aliphatic carbocycles. The van der Waals surface area contributed by atoms with Gasteiger partial charge in [0.25, 0.3) is 0 Å². The summed E-state index contributed by atoms with van der Waals surface area (Å²) in [4.78, 5) is 5.00. The summed E-state index contributed by atoms with van der Waals surface area (Å²) in [5.41, 5.74) is 9.19. The first kappa shape index (κ1) is 19.4. The normalized spacial score (nSPS) is 24.8. The summed E-state index contributed by atoms with van der Waals surface area (Å²) in [6.07, 6.45) is 9.39. The van der Waals surface area contributed by atoms with Gasteiger partial charge in [0, 0.05) is 34.5 Å². The van der Waals surface area contributed by atoms with Crippen LogP contribution in [0.5, 0.6) is 0 Å². The molecule has 5 heteroatoms. The fourth-order valence-corrected chi connectivity index (χ4v) is 5.63. The maximum atomic E-state index is 14.1. The van der Waals surface area contributed by atoms with Gasteiger partial charge < -0.3 is 4.48 Å². The van der Waals surface area contributed by atoms with Crippen LogP contribution in [-0.4, -0.2) is 17.6 Å². The Labute approximate surface area is 167 Å². The van der Waals surface area contributed by atoms with Crippen LogP contribution in [0, 0.1) is 25.7 Å². The van der Waals surface area contributed by atoms with Crippen molar-refractivity contribution in [2.75, 3.05) is 0 Å². The minimum atomic E-state index is -2.54. The van der Waals surface area contributed by atoms with Crippen LogP contribution in [0.1, 0.15) is 69.0 Å². The summed E-state index contributed by atoms with van der Waals surface area (Å²) in [5, 5.41) is 0. The third-order valence-corrected chi connectivity index (χ3v) is 6.79. The second-order valence-corrected chi connectivity index (χ2v) is 8.32. The van der Waals surface area contributed by atoms with E-state index in [1.54, 1.807) is 0 Å². The number of allylic oxidation sites excluding steroid dienone is 5. The van der Waals surface area contributed by atoms with Crippen molar-refractivity contribution >= 4 is 18.7 Å². The van der Waals surface area contributed by atoms with Crippen LogP contribution in [0.25, 0.3) is 5.57 Å². The summed E-state index contributed by atoms with van der Waals surface area (Å²) in [5.74, 6) is 0.824. The lowest BCUT2D eigenvalue weighted by Gasteiger charge is -2.33. The molecule has 0 N–H and O–H groups in total. The highest BCUT2D eigenvalue weighted by atomic mass is 19.2. The van der Waals surface area contributed by atoms with Crippen LogP contribution in [0.4, 0.5) is 8.63 Å². The van der Waals surface area contributed by atoms with Crippen molar-refractivity contribution in [3.8, 4) is 0 Å². The fourth-order valence-electron chi connectivity index (χ4n) is 5.63. The van der Waals surface area contributed by atoms with Crippen LogP contribution in [0.2, 0.25) is 0 Å². The van der Waals surface area contributed by atoms with Crippen molar-refractivity contribution in [1.29, 1.82) is 0 Å². The van der Waals surface area contributed by atoms with E-state index < -0.39 is 7.40 Å². The van der Waals surface area contributed by atoms with E-state index in [1.807, 2.05) is 20.8 Å². The van der Waals surface area contributed by atoms with E-state index >= 15 is 0 Å². The Morgan fingerprint density at radius 1 is 1.11 bits per heavy atom. The molecule has 0 saturated heterocycles. The van der Waals surface area contributed by atoms with E-state index in [2.05, 4.69) is 26.0 Å². The van der Waals surface area contributed by atoms with Gasteiger partial charge in [-0.25, -0.2) is 0 Å². The van der Waals surface area contributed by atoms with Crippen molar-refractivity contribution in [2.24, 2.45) is 16.8 Å². The number of fused-ring (bicyclic) bond motifs is 1. The number of nitrogens with zero attached hydrogens (tertiary/aromatic N) is 2. The number of rotatable bonds is 5. The molecular weight excluding hydrogens is 353 g/mol. The van der Waals surface area contributed by atoms with Crippen molar-refractivity contribution in [3.05, 3.63) is 51.5 Å². The van der Waals surface area contributed by atoms with E-state index in [0.29, 0.717) is 23.2 Å². The number of hydrogen-bond donors (Lipinski definition) is 0. The highest BCUT2D eigenvalue weighted by molar-refractivity contribution is 6.41. The van der Waals surface area contributed by atoms with Gasteiger partial charge in [-0.2, -0.15) is 0 Å². The van der Waals surface area contributed by atoms with Crippen LogP contribution in [0.3, 0.4) is 0 Å². The van der Waals surface area contributed by atoms with E-state index in [0.717, 1.165) is 53.8 Å². The Kier molecular flexibility index (Phi) is 4.97. The molecule has 28 heavy (non-hydrogen) atoms. The molecule has 0 radical (unpaired) electrons. The van der Waals surface area contributed by atoms with Crippen LogP contribution in [0.15, 0.2) is 34.0 Å². The number of hydrogen-bond acceptors (Lipinski definition) is 1. The van der Waals surface area contributed by atoms with Gasteiger partial charge in [0.2, 0.25) is 0 Å². The maximum Gasteiger partial charge on any atom is 0.677 e. The average molecular weight is 382 g/mol.